The Morgan fingerprint density at radius 1 is 0.929 bits per heavy atom. The lowest BCUT2D eigenvalue weighted by Crippen LogP contribution is -2.30. The van der Waals surface area contributed by atoms with E-state index in [1.165, 1.54) is 18.2 Å². The summed E-state index contributed by atoms with van der Waals surface area (Å²) < 4.78 is 37.0. The molecule has 4 aromatic rings. The number of ether oxygens (including phenoxy) is 4. The number of hydrogen-bond acceptors (Lipinski definition) is 8. The number of phenols is 1. The number of nitrogens with two attached hydrogens (primary N) is 1. The summed E-state index contributed by atoms with van der Waals surface area (Å²) in [6.07, 6.45) is -0.727. The molecule has 10 nitrogen and oxygen atoms in total. The minimum absolute atomic E-state index is 0.0625. The first-order chi connectivity index (χ1) is 20.4. The SMILES string of the molecule is Nc1ccccc1NC(=O)/C=C/[C@H](Oc1ccccc1)[C@@H](OC(=O)Nc1ccc2c(c1)OCO2)c1ccc(O)c(F)c1. The van der Waals surface area contributed by atoms with Gasteiger partial charge in [0.2, 0.25) is 12.7 Å². The number of carbonyl (C=O) groups excluding carboxylic acids is 2. The fourth-order valence-electron chi connectivity index (χ4n) is 4.09. The lowest BCUT2D eigenvalue weighted by Gasteiger charge is -2.26. The molecule has 1 aliphatic rings. The van der Waals surface area contributed by atoms with Crippen LogP contribution in [0.4, 0.5) is 26.2 Å². The molecule has 5 rings (SSSR count). The van der Waals surface area contributed by atoms with Crippen LogP contribution in [-0.2, 0) is 9.53 Å². The van der Waals surface area contributed by atoms with Crippen LogP contribution in [-0.4, -0.2) is 30.0 Å². The van der Waals surface area contributed by atoms with Gasteiger partial charge in [0.05, 0.1) is 11.4 Å². The van der Waals surface area contributed by atoms with E-state index in [2.05, 4.69) is 10.6 Å². The molecule has 2 amide bonds. The number of nitrogen functional groups attached to an aromatic ring is 1. The summed E-state index contributed by atoms with van der Waals surface area (Å²) in [6.45, 7) is 0.0625. The predicted octanol–water partition coefficient (Wildman–Crippen LogP) is 5.77. The Morgan fingerprint density at radius 2 is 1.69 bits per heavy atom. The van der Waals surface area contributed by atoms with Crippen LogP contribution >= 0.6 is 0 Å². The van der Waals surface area contributed by atoms with Crippen molar-refractivity contribution in [1.29, 1.82) is 0 Å². The molecule has 214 valence electrons. The zero-order valence-electron chi connectivity index (χ0n) is 22.0. The summed E-state index contributed by atoms with van der Waals surface area (Å²) in [5.41, 5.74) is 7.22. The van der Waals surface area contributed by atoms with Crippen LogP contribution in [0.1, 0.15) is 11.7 Å². The molecule has 0 fully saturated rings. The highest BCUT2D eigenvalue weighted by Gasteiger charge is 2.29. The standard InChI is InChI=1S/C31H26FN3O7/c32-22-16-19(10-12-25(22)36)30(42-31(38)34-20-11-13-26-28(17-20)40-18-39-26)27(41-21-6-2-1-3-7-21)14-15-29(37)35-24-9-5-4-8-23(24)33/h1-17,27,30,36H,18,33H2,(H,34,38)(H,35,37)/b15-14+/t27-,30-/m0/s1. The number of benzene rings is 4. The number of rotatable bonds is 9. The van der Waals surface area contributed by atoms with E-state index in [0.717, 1.165) is 12.1 Å². The van der Waals surface area contributed by atoms with E-state index in [1.54, 1.807) is 72.8 Å². The molecule has 0 bridgehead atoms. The topological polar surface area (TPSA) is 141 Å². The predicted molar refractivity (Wildman–Crippen MR) is 153 cm³/mol. The van der Waals surface area contributed by atoms with Crippen LogP contribution in [0.25, 0.3) is 0 Å². The molecule has 1 aliphatic heterocycles. The molecule has 2 atom stereocenters. The molecule has 0 radical (unpaired) electrons. The van der Waals surface area contributed by atoms with Crippen LogP contribution in [0.3, 0.4) is 0 Å². The summed E-state index contributed by atoms with van der Waals surface area (Å²) in [5.74, 6) is -0.680. The molecule has 0 spiro atoms. The maximum Gasteiger partial charge on any atom is 0.412 e. The summed E-state index contributed by atoms with van der Waals surface area (Å²) in [5, 5.41) is 15.1. The number of aromatic hydroxyl groups is 1. The highest BCUT2D eigenvalue weighted by atomic mass is 19.1. The van der Waals surface area contributed by atoms with Crippen LogP contribution < -0.4 is 30.6 Å². The van der Waals surface area contributed by atoms with Crippen LogP contribution in [0, 0.1) is 5.82 Å². The van der Waals surface area contributed by atoms with E-state index in [0.29, 0.717) is 34.3 Å². The number of para-hydroxylation sites is 3. The highest BCUT2D eigenvalue weighted by Crippen LogP contribution is 2.35. The molecule has 0 aliphatic carbocycles. The molecule has 0 aromatic heterocycles. The Balaban J connectivity index is 1.44. The van der Waals surface area contributed by atoms with Crippen LogP contribution in [0.15, 0.2) is 103 Å². The molecule has 0 saturated carbocycles. The smallest absolute Gasteiger partial charge is 0.412 e. The Kier molecular flexibility index (Phi) is 8.38. The number of hydrogen-bond donors (Lipinski definition) is 4. The quantitative estimate of drug-likeness (QED) is 0.146. The van der Waals surface area contributed by atoms with Crippen LogP contribution in [0.2, 0.25) is 0 Å². The maximum atomic E-state index is 14.5. The number of phenolic OH excluding ortho intramolecular Hbond substituents is 1. The van der Waals surface area contributed by atoms with Gasteiger partial charge < -0.3 is 35.1 Å². The number of amides is 2. The van der Waals surface area contributed by atoms with Gasteiger partial charge in [0, 0.05) is 17.8 Å². The van der Waals surface area contributed by atoms with Crippen molar-refractivity contribution in [2.75, 3.05) is 23.2 Å². The molecule has 42 heavy (non-hydrogen) atoms. The van der Waals surface area contributed by atoms with Gasteiger partial charge in [0.1, 0.15) is 5.75 Å². The second-order valence-electron chi connectivity index (χ2n) is 9.06. The monoisotopic (exact) mass is 571 g/mol. The fourth-order valence-corrected chi connectivity index (χ4v) is 4.09. The normalized spacial score (nSPS) is 13.3. The molecule has 4 aromatic carbocycles. The van der Waals surface area contributed by atoms with E-state index < -0.39 is 35.8 Å². The third-order valence-corrected chi connectivity index (χ3v) is 6.12. The molecule has 0 saturated heterocycles. The number of anilines is 3. The summed E-state index contributed by atoms with van der Waals surface area (Å²) >= 11 is 0. The van der Waals surface area contributed by atoms with Gasteiger partial charge in [0.15, 0.2) is 35.3 Å². The lowest BCUT2D eigenvalue weighted by molar-refractivity contribution is -0.112. The van der Waals surface area contributed by atoms with Gasteiger partial charge in [-0.15, -0.1) is 0 Å². The first-order valence-corrected chi connectivity index (χ1v) is 12.8. The van der Waals surface area contributed by atoms with Crippen molar-refractivity contribution < 1.29 is 38.0 Å². The Hall–Kier alpha value is -5.71. The average Bonchev–Trinajstić information content (AvgIpc) is 3.45. The van der Waals surface area contributed by atoms with E-state index in [-0.39, 0.29) is 12.4 Å². The van der Waals surface area contributed by atoms with Crippen molar-refractivity contribution in [1.82, 2.24) is 0 Å². The van der Waals surface area contributed by atoms with Crippen molar-refractivity contribution in [2.45, 2.75) is 12.2 Å². The zero-order valence-corrected chi connectivity index (χ0v) is 22.0. The molecule has 0 unspecified atom stereocenters. The minimum Gasteiger partial charge on any atom is -0.505 e. The summed E-state index contributed by atoms with van der Waals surface area (Å²) in [7, 11) is 0. The largest absolute Gasteiger partial charge is 0.505 e. The van der Waals surface area contributed by atoms with Gasteiger partial charge in [0.25, 0.3) is 0 Å². The maximum absolute atomic E-state index is 14.5. The van der Waals surface area contributed by atoms with Gasteiger partial charge in [-0.2, -0.15) is 0 Å². The van der Waals surface area contributed by atoms with Crippen molar-refractivity contribution >= 4 is 29.1 Å². The first-order valence-electron chi connectivity index (χ1n) is 12.8. The molecular formula is C31H26FN3O7. The zero-order chi connectivity index (χ0) is 29.5. The van der Waals surface area contributed by atoms with E-state index in [4.69, 9.17) is 24.7 Å². The van der Waals surface area contributed by atoms with Gasteiger partial charge in [-0.3, -0.25) is 10.1 Å². The Labute approximate surface area is 240 Å². The first kappa shape index (κ1) is 27.8. The van der Waals surface area contributed by atoms with E-state index in [9.17, 15) is 19.1 Å². The number of fused-ring (bicyclic) bond motifs is 1. The minimum atomic E-state index is -1.28. The van der Waals surface area contributed by atoms with Crippen molar-refractivity contribution in [2.24, 2.45) is 0 Å². The number of halogens is 1. The van der Waals surface area contributed by atoms with Crippen molar-refractivity contribution in [3.8, 4) is 23.0 Å². The van der Waals surface area contributed by atoms with E-state index in [1.807, 2.05) is 0 Å². The lowest BCUT2D eigenvalue weighted by atomic mass is 10.0. The summed E-state index contributed by atoms with van der Waals surface area (Å²) in [6, 6.07) is 23.7. The third-order valence-electron chi connectivity index (χ3n) is 6.12. The number of nitrogens with one attached hydrogen (secondary N) is 2. The molecular weight excluding hydrogens is 545 g/mol. The average molecular weight is 572 g/mol. The van der Waals surface area contributed by atoms with Gasteiger partial charge in [-0.05, 0) is 60.2 Å². The Bertz CT molecular complexity index is 1610. The fraction of sp³-hybridized carbons (Fsp3) is 0.0968. The summed E-state index contributed by atoms with van der Waals surface area (Å²) in [4.78, 5) is 25.9. The molecule has 5 N–H and O–H groups in total. The number of carbonyl (C=O) groups is 2. The van der Waals surface area contributed by atoms with Crippen molar-refractivity contribution in [3.05, 3.63) is 115 Å². The molecule has 11 heteroatoms. The highest BCUT2D eigenvalue weighted by molar-refractivity contribution is 6.01. The third kappa shape index (κ3) is 6.89. The van der Waals surface area contributed by atoms with E-state index >= 15 is 0 Å². The molecule has 1 heterocycles. The Morgan fingerprint density at radius 3 is 2.48 bits per heavy atom. The van der Waals surface area contributed by atoms with Crippen molar-refractivity contribution in [3.63, 3.8) is 0 Å². The van der Waals surface area contributed by atoms with Gasteiger partial charge >= 0.3 is 6.09 Å². The second-order valence-corrected chi connectivity index (χ2v) is 9.06. The van der Waals surface area contributed by atoms with Gasteiger partial charge in [-0.25, -0.2) is 9.18 Å². The van der Waals surface area contributed by atoms with Gasteiger partial charge in [-0.1, -0.05) is 36.4 Å². The second kappa shape index (κ2) is 12.6. The van der Waals surface area contributed by atoms with Crippen LogP contribution in [0.5, 0.6) is 23.0 Å².